The summed E-state index contributed by atoms with van der Waals surface area (Å²) < 4.78 is 2.02. The molecular weight excluding hydrogens is 222 g/mol. The fourth-order valence-electron chi connectivity index (χ4n) is 1.39. The Morgan fingerprint density at radius 3 is 3.19 bits per heavy atom. The van der Waals surface area contributed by atoms with Crippen molar-refractivity contribution in [2.24, 2.45) is 0 Å². The number of aromatic amines is 1. The van der Waals surface area contributed by atoms with Crippen molar-refractivity contribution in [3.63, 3.8) is 0 Å². The van der Waals surface area contributed by atoms with Gasteiger partial charge in [-0.1, -0.05) is 11.8 Å². The second kappa shape index (κ2) is 5.03. The zero-order valence-corrected chi connectivity index (χ0v) is 9.83. The molecule has 0 aromatic carbocycles. The quantitative estimate of drug-likeness (QED) is 0.638. The van der Waals surface area contributed by atoms with Crippen LogP contribution in [-0.2, 0) is 6.54 Å². The molecule has 2 aromatic heterocycles. The van der Waals surface area contributed by atoms with Gasteiger partial charge in [0.25, 0.3) is 0 Å². The van der Waals surface area contributed by atoms with Crippen LogP contribution in [0.5, 0.6) is 0 Å². The lowest BCUT2D eigenvalue weighted by atomic mass is 10.3. The highest BCUT2D eigenvalue weighted by molar-refractivity contribution is 7.99. The summed E-state index contributed by atoms with van der Waals surface area (Å²) in [7, 11) is 0. The number of carbonyl (C=O) groups is 1. The third-order valence-electron chi connectivity index (χ3n) is 2.25. The number of hydrogen-bond acceptors (Lipinski definition) is 3. The van der Waals surface area contributed by atoms with Gasteiger partial charge in [0.1, 0.15) is 0 Å². The number of hydrogen-bond donors (Lipinski definition) is 1. The fourth-order valence-corrected chi connectivity index (χ4v) is 2.29. The van der Waals surface area contributed by atoms with E-state index in [0.717, 1.165) is 11.7 Å². The topological polar surface area (TPSA) is 50.7 Å². The number of nitrogens with zero attached hydrogens (tertiary/aromatic N) is 2. The van der Waals surface area contributed by atoms with E-state index in [0.29, 0.717) is 11.4 Å². The maximum atomic E-state index is 11.7. The molecule has 0 radical (unpaired) electrons. The average molecular weight is 235 g/mol. The van der Waals surface area contributed by atoms with Gasteiger partial charge in [0.05, 0.1) is 11.4 Å². The number of nitrogens with one attached hydrogen (secondary N) is 1. The molecule has 0 unspecified atom stereocenters. The van der Waals surface area contributed by atoms with Crippen LogP contribution in [-0.4, -0.2) is 26.1 Å². The summed E-state index contributed by atoms with van der Waals surface area (Å²) in [6, 6.07) is 3.61. The molecule has 0 fully saturated rings. The summed E-state index contributed by atoms with van der Waals surface area (Å²) in [6.07, 6.45) is 5.43. The lowest BCUT2D eigenvalue weighted by molar-refractivity contribution is 0.101. The van der Waals surface area contributed by atoms with Crippen molar-refractivity contribution in [2.75, 3.05) is 5.75 Å². The van der Waals surface area contributed by atoms with Crippen LogP contribution in [0.1, 0.15) is 17.4 Å². The van der Waals surface area contributed by atoms with Crippen molar-refractivity contribution in [2.45, 2.75) is 18.6 Å². The van der Waals surface area contributed by atoms with E-state index in [2.05, 4.69) is 16.9 Å². The van der Waals surface area contributed by atoms with E-state index in [9.17, 15) is 4.79 Å². The van der Waals surface area contributed by atoms with Crippen LogP contribution in [0, 0.1) is 0 Å². The predicted octanol–water partition coefficient (Wildman–Crippen LogP) is 2.21. The number of aryl methyl sites for hydroxylation is 1. The molecule has 5 heteroatoms. The van der Waals surface area contributed by atoms with Crippen LogP contribution >= 0.6 is 11.8 Å². The first-order valence-electron chi connectivity index (χ1n) is 5.11. The van der Waals surface area contributed by atoms with E-state index in [1.54, 1.807) is 18.5 Å². The van der Waals surface area contributed by atoms with Crippen molar-refractivity contribution in [1.82, 2.24) is 14.5 Å². The minimum atomic E-state index is 0.0978. The summed E-state index contributed by atoms with van der Waals surface area (Å²) in [5.74, 6) is 0.512. The summed E-state index contributed by atoms with van der Waals surface area (Å²) in [4.78, 5) is 18.8. The number of Topliss-reactive ketones (excluding diaryl/α,β-unsaturated/α-hetero) is 1. The molecule has 0 saturated heterocycles. The Balaban J connectivity index is 1.95. The molecule has 0 bridgehead atoms. The number of imidazole rings is 1. The van der Waals surface area contributed by atoms with Crippen molar-refractivity contribution < 1.29 is 4.79 Å². The lowest BCUT2D eigenvalue weighted by Crippen LogP contribution is -2.04. The van der Waals surface area contributed by atoms with Crippen molar-refractivity contribution in [3.05, 3.63) is 36.4 Å². The minimum Gasteiger partial charge on any atom is -0.359 e. The highest BCUT2D eigenvalue weighted by Crippen LogP contribution is 2.16. The first-order chi connectivity index (χ1) is 7.81. The Bertz CT molecular complexity index is 461. The number of ketones is 1. The number of thioether (sulfide) groups is 1. The summed E-state index contributed by atoms with van der Waals surface area (Å²) in [5, 5.41) is 0.891. The van der Waals surface area contributed by atoms with E-state index in [1.165, 1.54) is 11.8 Å². The molecule has 0 spiro atoms. The van der Waals surface area contributed by atoms with Crippen LogP contribution in [0.15, 0.2) is 35.9 Å². The normalized spacial score (nSPS) is 10.6. The van der Waals surface area contributed by atoms with Crippen molar-refractivity contribution >= 4 is 17.5 Å². The molecule has 2 aromatic rings. The summed E-state index contributed by atoms with van der Waals surface area (Å²) in [5.41, 5.74) is 0.655. The maximum Gasteiger partial charge on any atom is 0.189 e. The van der Waals surface area contributed by atoms with E-state index in [4.69, 9.17) is 0 Å². The number of aromatic nitrogens is 3. The highest BCUT2D eigenvalue weighted by Gasteiger charge is 2.09. The average Bonchev–Trinajstić information content (AvgIpc) is 2.96. The Morgan fingerprint density at radius 2 is 2.50 bits per heavy atom. The molecule has 0 atom stereocenters. The third kappa shape index (κ3) is 2.36. The highest BCUT2D eigenvalue weighted by atomic mass is 32.2. The number of H-pyrrole nitrogens is 1. The van der Waals surface area contributed by atoms with Gasteiger partial charge in [-0.25, -0.2) is 4.98 Å². The molecule has 0 aliphatic carbocycles. The second-order valence-electron chi connectivity index (χ2n) is 3.29. The van der Waals surface area contributed by atoms with Gasteiger partial charge < -0.3 is 9.55 Å². The third-order valence-corrected chi connectivity index (χ3v) is 3.25. The largest absolute Gasteiger partial charge is 0.359 e. The number of rotatable bonds is 5. The van der Waals surface area contributed by atoms with Crippen molar-refractivity contribution in [1.29, 1.82) is 0 Å². The Hall–Kier alpha value is -1.49. The van der Waals surface area contributed by atoms with Crippen molar-refractivity contribution in [3.8, 4) is 0 Å². The molecule has 1 N–H and O–H groups in total. The van der Waals surface area contributed by atoms with Gasteiger partial charge in [0.15, 0.2) is 10.9 Å². The standard InChI is InChI=1S/C11H13N3OS/c1-2-14-7-6-13-11(14)16-8-10(15)9-4-3-5-12-9/h3-7,12H,2,8H2,1H3. The first-order valence-corrected chi connectivity index (χ1v) is 6.10. The zero-order valence-electron chi connectivity index (χ0n) is 9.01. The molecule has 2 heterocycles. The van der Waals surface area contributed by atoms with Gasteiger partial charge in [-0.2, -0.15) is 0 Å². The number of carbonyl (C=O) groups excluding carboxylic acids is 1. The lowest BCUT2D eigenvalue weighted by Gasteiger charge is -2.02. The molecule has 0 saturated carbocycles. The van der Waals surface area contributed by atoms with E-state index in [1.807, 2.05) is 16.8 Å². The Morgan fingerprint density at radius 1 is 1.62 bits per heavy atom. The molecule has 0 amide bonds. The van der Waals surface area contributed by atoms with E-state index < -0.39 is 0 Å². The molecule has 4 nitrogen and oxygen atoms in total. The minimum absolute atomic E-state index is 0.0978. The predicted molar refractivity (Wildman–Crippen MR) is 63.7 cm³/mol. The fraction of sp³-hybridized carbons (Fsp3) is 0.273. The van der Waals surface area contributed by atoms with Gasteiger partial charge in [0.2, 0.25) is 0 Å². The molecule has 0 aliphatic rings. The van der Waals surface area contributed by atoms with E-state index >= 15 is 0 Å². The summed E-state index contributed by atoms with van der Waals surface area (Å²) in [6.45, 7) is 2.93. The second-order valence-corrected chi connectivity index (χ2v) is 4.23. The van der Waals surface area contributed by atoms with Gasteiger partial charge in [0, 0.05) is 25.1 Å². The van der Waals surface area contributed by atoms with Gasteiger partial charge in [-0.3, -0.25) is 4.79 Å². The van der Waals surface area contributed by atoms with Gasteiger partial charge in [-0.05, 0) is 19.1 Å². The van der Waals surface area contributed by atoms with Crippen LogP contribution in [0.3, 0.4) is 0 Å². The smallest absolute Gasteiger partial charge is 0.189 e. The molecule has 0 aliphatic heterocycles. The zero-order chi connectivity index (χ0) is 11.4. The maximum absolute atomic E-state index is 11.7. The Kier molecular flexibility index (Phi) is 3.46. The molecule has 84 valence electrons. The molecule has 2 rings (SSSR count). The molecule has 16 heavy (non-hydrogen) atoms. The summed E-state index contributed by atoms with van der Waals surface area (Å²) >= 11 is 1.47. The van der Waals surface area contributed by atoms with Crippen LogP contribution in [0.2, 0.25) is 0 Å². The first kappa shape index (κ1) is 11.0. The SMILES string of the molecule is CCn1ccnc1SCC(=O)c1ccc[nH]1. The van der Waals surface area contributed by atoms with E-state index in [-0.39, 0.29) is 5.78 Å². The Labute approximate surface area is 98.1 Å². The van der Waals surface area contributed by atoms with Crippen LogP contribution in [0.25, 0.3) is 0 Å². The van der Waals surface area contributed by atoms with Crippen LogP contribution < -0.4 is 0 Å². The monoisotopic (exact) mass is 235 g/mol. The van der Waals surface area contributed by atoms with Gasteiger partial charge >= 0.3 is 0 Å². The van der Waals surface area contributed by atoms with Crippen LogP contribution in [0.4, 0.5) is 0 Å². The molecular formula is C11H13N3OS. The van der Waals surface area contributed by atoms with Gasteiger partial charge in [-0.15, -0.1) is 0 Å².